The number of aromatic nitrogens is 2. The van der Waals surface area contributed by atoms with Crippen LogP contribution in [0.3, 0.4) is 0 Å². The van der Waals surface area contributed by atoms with Crippen molar-refractivity contribution in [3.8, 4) is 0 Å². The lowest BCUT2D eigenvalue weighted by Crippen LogP contribution is -2.31. The number of carbonyl (C=O) groups excluding carboxylic acids is 1. The number of rotatable bonds is 7. The molecule has 0 saturated heterocycles. The van der Waals surface area contributed by atoms with Gasteiger partial charge in [0.1, 0.15) is 11.8 Å². The van der Waals surface area contributed by atoms with Gasteiger partial charge in [0.2, 0.25) is 10.0 Å². The minimum Gasteiger partial charge on any atom is -0.467 e. The van der Waals surface area contributed by atoms with E-state index >= 15 is 0 Å². The molecule has 1 aromatic carbocycles. The first-order chi connectivity index (χ1) is 13.0. The van der Waals surface area contributed by atoms with E-state index in [0.717, 1.165) is 0 Å². The van der Waals surface area contributed by atoms with Crippen LogP contribution in [0.1, 0.15) is 11.8 Å². The van der Waals surface area contributed by atoms with E-state index < -0.39 is 22.2 Å². The first-order valence-electron chi connectivity index (χ1n) is 7.97. The molecule has 2 aromatic heterocycles. The first kappa shape index (κ1) is 18.7. The van der Waals surface area contributed by atoms with Gasteiger partial charge in [0.05, 0.1) is 18.3 Å². The van der Waals surface area contributed by atoms with E-state index in [1.165, 1.54) is 37.6 Å². The second-order valence-corrected chi connectivity index (χ2v) is 7.28. The van der Waals surface area contributed by atoms with Crippen LogP contribution in [0.5, 0.6) is 0 Å². The standard InChI is InChI=1S/C17H18N4O5S/c1-25-17(22)20-13-5-7-14(8-6-13)27(23,24)19-12-15(16-4-2-11-26-16)21-10-3-9-18-21/h2-11,15,19H,12H2,1H3,(H,20,22). The molecule has 2 N–H and O–H groups in total. The molecule has 2 heterocycles. The normalized spacial score (nSPS) is 12.5. The molecule has 3 aromatic rings. The molecule has 0 fully saturated rings. The molecule has 10 heteroatoms. The Kier molecular flexibility index (Phi) is 5.57. The second-order valence-electron chi connectivity index (χ2n) is 5.51. The molecule has 3 rings (SSSR count). The molecule has 1 unspecified atom stereocenters. The van der Waals surface area contributed by atoms with Gasteiger partial charge < -0.3 is 9.15 Å². The summed E-state index contributed by atoms with van der Waals surface area (Å²) in [5, 5.41) is 6.62. The lowest BCUT2D eigenvalue weighted by molar-refractivity contribution is 0.187. The molecule has 0 aliphatic carbocycles. The number of methoxy groups -OCH3 is 1. The van der Waals surface area contributed by atoms with Crippen LogP contribution >= 0.6 is 0 Å². The van der Waals surface area contributed by atoms with Gasteiger partial charge in [-0.15, -0.1) is 0 Å². The van der Waals surface area contributed by atoms with E-state index in [1.54, 1.807) is 35.3 Å². The highest BCUT2D eigenvalue weighted by atomic mass is 32.2. The summed E-state index contributed by atoms with van der Waals surface area (Å²) in [7, 11) is -2.52. The van der Waals surface area contributed by atoms with E-state index in [1.807, 2.05) is 0 Å². The van der Waals surface area contributed by atoms with Gasteiger partial charge in [0.25, 0.3) is 0 Å². The Bertz CT molecular complexity index is 933. The van der Waals surface area contributed by atoms with Gasteiger partial charge in [0.15, 0.2) is 0 Å². The predicted octanol–water partition coefficient (Wildman–Crippen LogP) is 2.22. The molecule has 0 radical (unpaired) electrons. The topological polar surface area (TPSA) is 115 Å². The summed E-state index contributed by atoms with van der Waals surface area (Å²) in [4.78, 5) is 11.3. The number of sulfonamides is 1. The Morgan fingerprint density at radius 3 is 2.63 bits per heavy atom. The SMILES string of the molecule is COC(=O)Nc1ccc(S(=O)(=O)NCC(c2ccco2)n2cccn2)cc1. The number of anilines is 1. The molecule has 27 heavy (non-hydrogen) atoms. The molecule has 0 aliphatic heterocycles. The van der Waals surface area contributed by atoms with Crippen molar-refractivity contribution < 1.29 is 22.4 Å². The second kappa shape index (κ2) is 8.06. The van der Waals surface area contributed by atoms with Crippen LogP contribution < -0.4 is 10.0 Å². The molecule has 1 atom stereocenters. The van der Waals surface area contributed by atoms with E-state index in [2.05, 4.69) is 19.9 Å². The minimum atomic E-state index is -3.77. The fourth-order valence-electron chi connectivity index (χ4n) is 2.43. The van der Waals surface area contributed by atoms with Gasteiger partial charge in [-0.2, -0.15) is 5.10 Å². The summed E-state index contributed by atoms with van der Waals surface area (Å²) < 4.78 is 39.2. The van der Waals surface area contributed by atoms with Crippen molar-refractivity contribution in [1.29, 1.82) is 0 Å². The number of hydrogen-bond donors (Lipinski definition) is 2. The molecule has 0 saturated carbocycles. The summed E-state index contributed by atoms with van der Waals surface area (Å²) in [5.74, 6) is 0.582. The third-order valence-electron chi connectivity index (χ3n) is 3.78. The van der Waals surface area contributed by atoms with Crippen LogP contribution in [-0.2, 0) is 14.8 Å². The lowest BCUT2D eigenvalue weighted by atomic mass is 10.2. The molecule has 0 aliphatic rings. The van der Waals surface area contributed by atoms with Crippen molar-refractivity contribution in [1.82, 2.24) is 14.5 Å². The zero-order chi connectivity index (χ0) is 19.3. The van der Waals surface area contributed by atoms with Gasteiger partial charge in [-0.1, -0.05) is 0 Å². The number of hydrogen-bond acceptors (Lipinski definition) is 6. The average Bonchev–Trinajstić information content (AvgIpc) is 3.37. The van der Waals surface area contributed by atoms with Crippen molar-refractivity contribution in [2.24, 2.45) is 0 Å². The highest BCUT2D eigenvalue weighted by molar-refractivity contribution is 7.89. The van der Waals surface area contributed by atoms with Crippen LogP contribution in [0.2, 0.25) is 0 Å². The fraction of sp³-hybridized carbons (Fsp3) is 0.176. The van der Waals surface area contributed by atoms with Gasteiger partial charge in [-0.25, -0.2) is 17.9 Å². The van der Waals surface area contributed by atoms with Crippen molar-refractivity contribution in [3.63, 3.8) is 0 Å². The Hall–Kier alpha value is -3.11. The largest absolute Gasteiger partial charge is 0.467 e. The van der Waals surface area contributed by atoms with Gasteiger partial charge in [-0.3, -0.25) is 10.00 Å². The van der Waals surface area contributed by atoms with Crippen molar-refractivity contribution in [2.45, 2.75) is 10.9 Å². The number of carbonyl (C=O) groups is 1. The van der Waals surface area contributed by atoms with Crippen LogP contribution in [0.4, 0.5) is 10.5 Å². The molecular weight excluding hydrogens is 372 g/mol. The first-order valence-corrected chi connectivity index (χ1v) is 9.45. The third-order valence-corrected chi connectivity index (χ3v) is 5.22. The Balaban J connectivity index is 1.72. The minimum absolute atomic E-state index is 0.0552. The number of nitrogens with one attached hydrogen (secondary N) is 2. The maximum atomic E-state index is 12.6. The number of nitrogens with zero attached hydrogens (tertiary/aromatic N) is 2. The van der Waals surface area contributed by atoms with Gasteiger partial charge >= 0.3 is 6.09 Å². The van der Waals surface area contributed by atoms with Crippen molar-refractivity contribution >= 4 is 21.8 Å². The monoisotopic (exact) mass is 390 g/mol. The molecule has 142 valence electrons. The fourth-order valence-corrected chi connectivity index (χ4v) is 3.47. The van der Waals surface area contributed by atoms with Gasteiger partial charge in [-0.05, 0) is 42.5 Å². The maximum Gasteiger partial charge on any atom is 0.411 e. The van der Waals surface area contributed by atoms with E-state index in [9.17, 15) is 13.2 Å². The zero-order valence-corrected chi connectivity index (χ0v) is 15.2. The highest BCUT2D eigenvalue weighted by Crippen LogP contribution is 2.19. The number of furan rings is 1. The highest BCUT2D eigenvalue weighted by Gasteiger charge is 2.21. The summed E-state index contributed by atoms with van der Waals surface area (Å²) >= 11 is 0. The summed E-state index contributed by atoms with van der Waals surface area (Å²) in [5.41, 5.74) is 0.422. The smallest absolute Gasteiger partial charge is 0.411 e. The summed E-state index contributed by atoms with van der Waals surface area (Å²) in [6.45, 7) is 0.0552. The van der Waals surface area contributed by atoms with Crippen molar-refractivity contribution in [3.05, 3.63) is 66.9 Å². The number of benzene rings is 1. The van der Waals surface area contributed by atoms with E-state index in [4.69, 9.17) is 4.42 Å². The number of ether oxygens (including phenoxy) is 1. The van der Waals surface area contributed by atoms with E-state index in [-0.39, 0.29) is 11.4 Å². The predicted molar refractivity (Wildman–Crippen MR) is 96.7 cm³/mol. The van der Waals surface area contributed by atoms with Gasteiger partial charge in [0, 0.05) is 24.6 Å². The van der Waals surface area contributed by atoms with Crippen LogP contribution in [0.25, 0.3) is 0 Å². The molecule has 9 nitrogen and oxygen atoms in total. The molecule has 1 amide bonds. The third kappa shape index (κ3) is 4.54. The van der Waals surface area contributed by atoms with Crippen LogP contribution in [-0.4, -0.2) is 37.9 Å². The lowest BCUT2D eigenvalue weighted by Gasteiger charge is -2.16. The Labute approximate surface area is 156 Å². The van der Waals surface area contributed by atoms with Crippen LogP contribution in [0.15, 0.2) is 70.4 Å². The average molecular weight is 390 g/mol. The maximum absolute atomic E-state index is 12.6. The summed E-state index contributed by atoms with van der Waals surface area (Å²) in [6.07, 6.45) is 4.23. The molecule has 0 spiro atoms. The van der Waals surface area contributed by atoms with Crippen molar-refractivity contribution in [2.75, 3.05) is 19.0 Å². The number of amides is 1. The quantitative estimate of drug-likeness (QED) is 0.639. The molecular formula is C17H18N4O5S. The Morgan fingerprint density at radius 2 is 2.04 bits per heavy atom. The Morgan fingerprint density at radius 1 is 1.26 bits per heavy atom. The molecule has 0 bridgehead atoms. The summed E-state index contributed by atoms with van der Waals surface area (Å²) in [6, 6.07) is 10.5. The zero-order valence-electron chi connectivity index (χ0n) is 14.4. The van der Waals surface area contributed by atoms with Crippen LogP contribution in [0, 0.1) is 0 Å². The van der Waals surface area contributed by atoms with E-state index in [0.29, 0.717) is 11.4 Å².